The van der Waals surface area contributed by atoms with E-state index in [1.807, 2.05) is 0 Å². The number of carbonyl (C=O) groups is 3. The molecule has 2 heterocycles. The van der Waals surface area contributed by atoms with E-state index in [1.165, 1.54) is 11.7 Å². The molecule has 0 aliphatic carbocycles. The van der Waals surface area contributed by atoms with Crippen LogP contribution in [0.2, 0.25) is 0 Å². The Kier molecular flexibility index (Phi) is 7.31. The number of aromatic nitrogens is 1. The fourth-order valence-corrected chi connectivity index (χ4v) is 3.89. The van der Waals surface area contributed by atoms with Crippen molar-refractivity contribution in [2.24, 2.45) is 0 Å². The standard InChI is InChI=1S/C21H23N3O7S/c1-4-30-19(26)17-15(10-31-16(25)9-24-12(2)11-32-21(24)28)22-20(27)23-18(17)13-5-7-14(29-3)8-6-13/h5-8,11,18H,4,9-10H2,1-3H3,(H2,22,23,27). The second kappa shape index (κ2) is 10.1. The van der Waals surface area contributed by atoms with E-state index < -0.39 is 24.0 Å². The van der Waals surface area contributed by atoms with Crippen molar-refractivity contribution in [1.82, 2.24) is 15.2 Å². The third-order valence-electron chi connectivity index (χ3n) is 4.74. The first-order valence-corrected chi connectivity index (χ1v) is 10.6. The minimum absolute atomic E-state index is 0.107. The van der Waals surface area contributed by atoms with Crippen molar-refractivity contribution >= 4 is 29.3 Å². The summed E-state index contributed by atoms with van der Waals surface area (Å²) in [6.45, 7) is 2.85. The van der Waals surface area contributed by atoms with Gasteiger partial charge in [0.05, 0.1) is 31.0 Å². The highest BCUT2D eigenvalue weighted by atomic mass is 32.1. The molecule has 10 nitrogen and oxygen atoms in total. The molecular formula is C21H23N3O7S. The summed E-state index contributed by atoms with van der Waals surface area (Å²) in [6, 6.07) is 5.45. The van der Waals surface area contributed by atoms with Crippen LogP contribution in [0, 0.1) is 6.92 Å². The monoisotopic (exact) mass is 461 g/mol. The number of methoxy groups -OCH3 is 1. The minimum Gasteiger partial charge on any atom is -0.497 e. The molecule has 0 saturated heterocycles. The highest BCUT2D eigenvalue weighted by molar-refractivity contribution is 7.07. The maximum atomic E-state index is 12.7. The van der Waals surface area contributed by atoms with Gasteiger partial charge in [-0.2, -0.15) is 0 Å². The summed E-state index contributed by atoms with van der Waals surface area (Å²) in [4.78, 5) is 48.9. The van der Waals surface area contributed by atoms with Crippen LogP contribution in [0.15, 0.2) is 45.7 Å². The Bertz CT molecular complexity index is 1100. The molecule has 3 rings (SSSR count). The minimum atomic E-state index is -0.816. The number of hydrogen-bond acceptors (Lipinski definition) is 8. The number of nitrogens with zero attached hydrogens (tertiary/aromatic N) is 1. The van der Waals surface area contributed by atoms with E-state index in [2.05, 4.69) is 10.6 Å². The topological polar surface area (TPSA) is 125 Å². The molecule has 170 valence electrons. The van der Waals surface area contributed by atoms with Gasteiger partial charge in [-0.15, -0.1) is 0 Å². The summed E-state index contributed by atoms with van der Waals surface area (Å²) in [5.74, 6) is -0.723. The van der Waals surface area contributed by atoms with Gasteiger partial charge in [-0.3, -0.25) is 14.2 Å². The number of ether oxygens (including phenoxy) is 3. The fourth-order valence-electron chi connectivity index (χ4n) is 3.15. The molecular weight excluding hydrogens is 438 g/mol. The molecule has 32 heavy (non-hydrogen) atoms. The van der Waals surface area contributed by atoms with Gasteiger partial charge >= 0.3 is 22.8 Å². The normalized spacial score (nSPS) is 15.6. The van der Waals surface area contributed by atoms with E-state index in [0.717, 1.165) is 11.3 Å². The molecule has 2 N–H and O–H groups in total. The summed E-state index contributed by atoms with van der Waals surface area (Å²) >= 11 is 0.985. The third-order valence-corrected chi connectivity index (χ3v) is 5.62. The zero-order chi connectivity index (χ0) is 23.3. The van der Waals surface area contributed by atoms with Gasteiger partial charge in [0.2, 0.25) is 0 Å². The fraction of sp³-hybridized carbons (Fsp3) is 0.333. The Balaban J connectivity index is 1.87. The number of carbonyl (C=O) groups excluding carboxylic acids is 3. The first-order chi connectivity index (χ1) is 15.3. The predicted molar refractivity (Wildman–Crippen MR) is 115 cm³/mol. The number of benzene rings is 1. The Labute approximate surface area is 187 Å². The number of thiazole rings is 1. The van der Waals surface area contributed by atoms with Crippen LogP contribution in [0.3, 0.4) is 0 Å². The van der Waals surface area contributed by atoms with Crippen LogP contribution in [0.1, 0.15) is 24.2 Å². The third kappa shape index (κ3) is 5.17. The molecule has 0 bridgehead atoms. The molecule has 0 radical (unpaired) electrons. The van der Waals surface area contributed by atoms with Gasteiger partial charge < -0.3 is 24.8 Å². The molecule has 0 spiro atoms. The van der Waals surface area contributed by atoms with Gasteiger partial charge in [0.25, 0.3) is 0 Å². The number of hydrogen-bond donors (Lipinski definition) is 2. The van der Waals surface area contributed by atoms with Crippen LogP contribution >= 0.6 is 11.3 Å². The largest absolute Gasteiger partial charge is 0.497 e. The van der Waals surface area contributed by atoms with Gasteiger partial charge in [0, 0.05) is 11.1 Å². The first kappa shape index (κ1) is 23.1. The maximum absolute atomic E-state index is 12.7. The van der Waals surface area contributed by atoms with Gasteiger partial charge in [-0.1, -0.05) is 23.5 Å². The lowest BCUT2D eigenvalue weighted by Gasteiger charge is -2.29. The number of rotatable bonds is 8. The molecule has 0 saturated carbocycles. The van der Waals surface area contributed by atoms with Crippen molar-refractivity contribution in [3.05, 3.63) is 61.8 Å². The van der Waals surface area contributed by atoms with Gasteiger partial charge in [-0.05, 0) is 31.5 Å². The van der Waals surface area contributed by atoms with Crippen molar-refractivity contribution in [1.29, 1.82) is 0 Å². The molecule has 0 fully saturated rings. The SMILES string of the molecule is CCOC(=O)C1=C(COC(=O)Cn2c(C)csc2=O)NC(=O)NC1c1ccc(OC)cc1. The molecule has 1 aliphatic heterocycles. The molecule has 11 heteroatoms. The molecule has 1 atom stereocenters. The quantitative estimate of drug-likeness (QED) is 0.573. The smallest absolute Gasteiger partial charge is 0.338 e. The van der Waals surface area contributed by atoms with Crippen LogP contribution in [-0.2, 0) is 25.6 Å². The zero-order valence-electron chi connectivity index (χ0n) is 17.8. The van der Waals surface area contributed by atoms with Crippen LogP contribution in [0.25, 0.3) is 0 Å². The van der Waals surface area contributed by atoms with Gasteiger partial charge in [0.1, 0.15) is 18.9 Å². The van der Waals surface area contributed by atoms with Crippen molar-refractivity contribution in [3.63, 3.8) is 0 Å². The maximum Gasteiger partial charge on any atom is 0.338 e. The van der Waals surface area contributed by atoms with Crippen LogP contribution in [0.5, 0.6) is 5.75 Å². The number of nitrogens with one attached hydrogen (secondary N) is 2. The van der Waals surface area contributed by atoms with E-state index in [-0.39, 0.29) is 35.9 Å². The number of aryl methyl sites for hydroxylation is 1. The van der Waals surface area contributed by atoms with Crippen molar-refractivity contribution in [2.45, 2.75) is 26.4 Å². The number of amides is 2. The lowest BCUT2D eigenvalue weighted by atomic mass is 9.95. The lowest BCUT2D eigenvalue weighted by molar-refractivity contribution is -0.144. The zero-order valence-corrected chi connectivity index (χ0v) is 18.6. The summed E-state index contributed by atoms with van der Waals surface area (Å²) in [5.41, 5.74) is 1.48. The molecule has 2 aromatic rings. The van der Waals surface area contributed by atoms with E-state index in [9.17, 15) is 19.2 Å². The van der Waals surface area contributed by atoms with E-state index in [1.54, 1.807) is 43.5 Å². The molecule has 1 aromatic heterocycles. The Morgan fingerprint density at radius 1 is 1.16 bits per heavy atom. The van der Waals surface area contributed by atoms with Crippen LogP contribution < -0.4 is 20.2 Å². The Morgan fingerprint density at radius 3 is 2.47 bits per heavy atom. The van der Waals surface area contributed by atoms with E-state index in [0.29, 0.717) is 17.0 Å². The molecule has 1 unspecified atom stereocenters. The first-order valence-electron chi connectivity index (χ1n) is 9.76. The van der Waals surface area contributed by atoms with Crippen LogP contribution in [-0.4, -0.2) is 42.9 Å². The van der Waals surface area contributed by atoms with Crippen molar-refractivity contribution < 1.29 is 28.6 Å². The Morgan fingerprint density at radius 2 is 1.88 bits per heavy atom. The lowest BCUT2D eigenvalue weighted by Crippen LogP contribution is -2.47. The molecule has 2 amide bonds. The molecule has 1 aromatic carbocycles. The second-order valence-electron chi connectivity index (χ2n) is 6.81. The van der Waals surface area contributed by atoms with Gasteiger partial charge in [0.15, 0.2) is 0 Å². The average Bonchev–Trinajstić information content (AvgIpc) is 3.09. The highest BCUT2D eigenvalue weighted by Gasteiger charge is 2.34. The number of esters is 2. The van der Waals surface area contributed by atoms with Crippen LogP contribution in [0.4, 0.5) is 4.79 Å². The summed E-state index contributed by atoms with van der Waals surface area (Å²) in [7, 11) is 1.53. The summed E-state index contributed by atoms with van der Waals surface area (Å²) in [6.07, 6.45) is 0. The Hall–Kier alpha value is -3.60. The number of urea groups is 1. The highest BCUT2D eigenvalue weighted by Crippen LogP contribution is 2.29. The summed E-state index contributed by atoms with van der Waals surface area (Å²) < 4.78 is 16.9. The molecule has 1 aliphatic rings. The second-order valence-corrected chi connectivity index (χ2v) is 7.63. The summed E-state index contributed by atoms with van der Waals surface area (Å²) in [5, 5.41) is 6.86. The van der Waals surface area contributed by atoms with Gasteiger partial charge in [-0.25, -0.2) is 9.59 Å². The van der Waals surface area contributed by atoms with Crippen molar-refractivity contribution in [2.75, 3.05) is 20.3 Å². The van der Waals surface area contributed by atoms with Crippen molar-refractivity contribution in [3.8, 4) is 5.75 Å². The van der Waals surface area contributed by atoms with E-state index >= 15 is 0 Å². The van der Waals surface area contributed by atoms with E-state index in [4.69, 9.17) is 14.2 Å². The predicted octanol–water partition coefficient (Wildman–Crippen LogP) is 1.64. The average molecular weight is 461 g/mol.